The highest BCUT2D eigenvalue weighted by Gasteiger charge is 2.42. The lowest BCUT2D eigenvalue weighted by atomic mass is 9.84. The average molecular weight is 227 g/mol. The normalized spacial score (nSPS) is 20.0. The lowest BCUT2D eigenvalue weighted by molar-refractivity contribution is -0.173. The van der Waals surface area contributed by atoms with Crippen molar-refractivity contribution in [1.82, 2.24) is 5.32 Å². The Kier molecular flexibility index (Phi) is 3.34. The van der Waals surface area contributed by atoms with Crippen molar-refractivity contribution in [3.05, 3.63) is 0 Å². The molecule has 0 aromatic heterocycles. The number of carbonyl (C=O) groups excluding carboxylic acids is 1. The van der Waals surface area contributed by atoms with E-state index in [9.17, 15) is 18.0 Å². The third-order valence-electron chi connectivity index (χ3n) is 2.53. The molecule has 0 aromatic carbocycles. The van der Waals surface area contributed by atoms with Gasteiger partial charge in [-0.2, -0.15) is 24.9 Å². The number of carbonyl (C=O) groups is 1. The maximum absolute atomic E-state index is 11.8. The number of amides is 1. The van der Waals surface area contributed by atoms with Crippen LogP contribution in [0.5, 0.6) is 0 Å². The molecule has 2 nitrogen and oxygen atoms in total. The van der Waals surface area contributed by atoms with E-state index in [4.69, 9.17) is 0 Å². The van der Waals surface area contributed by atoms with Crippen LogP contribution >= 0.6 is 11.8 Å². The monoisotopic (exact) mass is 227 g/mol. The van der Waals surface area contributed by atoms with E-state index in [-0.39, 0.29) is 11.3 Å². The molecule has 0 bridgehead atoms. The quantitative estimate of drug-likeness (QED) is 0.798. The molecule has 1 saturated carbocycles. The van der Waals surface area contributed by atoms with Crippen LogP contribution in [0, 0.1) is 0 Å². The molecule has 1 N–H and O–H groups in total. The van der Waals surface area contributed by atoms with Gasteiger partial charge in [-0.05, 0) is 19.1 Å². The minimum absolute atomic E-state index is 0.118. The Morgan fingerprint density at radius 2 is 2.07 bits per heavy atom. The topological polar surface area (TPSA) is 29.1 Å². The van der Waals surface area contributed by atoms with Gasteiger partial charge >= 0.3 is 12.1 Å². The molecular weight excluding hydrogens is 215 g/mol. The van der Waals surface area contributed by atoms with Crippen LogP contribution in [0.4, 0.5) is 13.2 Å². The molecule has 1 fully saturated rings. The van der Waals surface area contributed by atoms with Gasteiger partial charge in [0.25, 0.3) is 0 Å². The van der Waals surface area contributed by atoms with E-state index in [0.29, 0.717) is 0 Å². The zero-order valence-corrected chi connectivity index (χ0v) is 8.60. The first-order valence-electron chi connectivity index (χ1n) is 4.30. The van der Waals surface area contributed by atoms with Gasteiger partial charge in [0.2, 0.25) is 0 Å². The van der Waals surface area contributed by atoms with Crippen molar-refractivity contribution in [1.29, 1.82) is 0 Å². The summed E-state index contributed by atoms with van der Waals surface area (Å²) in [5, 5.41) is 1.93. The van der Waals surface area contributed by atoms with Gasteiger partial charge in [-0.25, -0.2) is 0 Å². The predicted octanol–water partition coefficient (Wildman–Crippen LogP) is 1.95. The largest absolute Gasteiger partial charge is 0.471 e. The Balaban J connectivity index is 2.36. The molecule has 0 spiro atoms. The lowest BCUT2D eigenvalue weighted by Crippen LogP contribution is -2.48. The Morgan fingerprint density at radius 3 is 2.36 bits per heavy atom. The summed E-state index contributed by atoms with van der Waals surface area (Å²) in [4.78, 5) is 10.5. The summed E-state index contributed by atoms with van der Waals surface area (Å²) < 4.78 is 35.3. The first-order chi connectivity index (χ1) is 6.40. The first-order valence-corrected chi connectivity index (χ1v) is 5.52. The summed E-state index contributed by atoms with van der Waals surface area (Å²) in [6.45, 7) is 0.118. The fraction of sp³-hybridized carbons (Fsp3) is 0.875. The molecule has 1 amide bonds. The molecule has 1 rings (SSSR count). The first kappa shape index (κ1) is 11.7. The fourth-order valence-corrected chi connectivity index (χ4v) is 2.28. The third-order valence-corrected chi connectivity index (χ3v) is 3.94. The molecule has 6 heteroatoms. The molecule has 0 unspecified atom stereocenters. The second-order valence-electron chi connectivity index (χ2n) is 3.42. The highest BCUT2D eigenvalue weighted by atomic mass is 32.2. The highest BCUT2D eigenvalue weighted by Crippen LogP contribution is 2.42. The van der Waals surface area contributed by atoms with Gasteiger partial charge in [0.05, 0.1) is 0 Å². The number of hydrogen-bond donors (Lipinski definition) is 1. The van der Waals surface area contributed by atoms with Crippen LogP contribution in [0.2, 0.25) is 0 Å². The Labute approximate surface area is 84.6 Å². The van der Waals surface area contributed by atoms with Crippen molar-refractivity contribution in [2.24, 2.45) is 0 Å². The summed E-state index contributed by atoms with van der Waals surface area (Å²) >= 11 is 1.53. The zero-order chi connectivity index (χ0) is 10.8. The Hall–Kier alpha value is -0.390. The Morgan fingerprint density at radius 1 is 1.50 bits per heavy atom. The van der Waals surface area contributed by atoms with Crippen LogP contribution in [0.3, 0.4) is 0 Å². The molecule has 0 heterocycles. The summed E-state index contributed by atoms with van der Waals surface area (Å²) in [5.41, 5.74) is 0. The molecule has 0 atom stereocenters. The molecule has 14 heavy (non-hydrogen) atoms. The van der Waals surface area contributed by atoms with Crippen molar-refractivity contribution in [2.45, 2.75) is 30.2 Å². The smallest absolute Gasteiger partial charge is 0.347 e. The zero-order valence-electron chi connectivity index (χ0n) is 7.78. The Bertz CT molecular complexity index is 220. The fourth-order valence-electron chi connectivity index (χ4n) is 1.37. The van der Waals surface area contributed by atoms with Gasteiger partial charge in [0.1, 0.15) is 0 Å². The van der Waals surface area contributed by atoms with Gasteiger partial charge in [-0.15, -0.1) is 0 Å². The van der Waals surface area contributed by atoms with Crippen molar-refractivity contribution >= 4 is 17.7 Å². The number of hydrogen-bond acceptors (Lipinski definition) is 2. The maximum Gasteiger partial charge on any atom is 0.471 e. The van der Waals surface area contributed by atoms with Gasteiger partial charge < -0.3 is 5.32 Å². The molecule has 0 saturated heterocycles. The van der Waals surface area contributed by atoms with Gasteiger partial charge in [0.15, 0.2) is 0 Å². The average Bonchev–Trinajstić information content (AvgIpc) is 2.01. The van der Waals surface area contributed by atoms with Crippen LogP contribution in [0.1, 0.15) is 19.3 Å². The van der Waals surface area contributed by atoms with Gasteiger partial charge in [-0.3, -0.25) is 4.79 Å². The standard InChI is InChI=1S/C8H12F3NOS/c1-14-7(3-2-4-7)5-12-6(13)8(9,10)11/h2-5H2,1H3,(H,12,13). The molecule has 1 aliphatic rings. The van der Waals surface area contributed by atoms with E-state index < -0.39 is 12.1 Å². The van der Waals surface area contributed by atoms with E-state index >= 15 is 0 Å². The predicted molar refractivity (Wildman–Crippen MR) is 49.2 cm³/mol. The van der Waals surface area contributed by atoms with Crippen LogP contribution < -0.4 is 5.32 Å². The van der Waals surface area contributed by atoms with E-state index in [1.807, 2.05) is 11.6 Å². The van der Waals surface area contributed by atoms with Crippen LogP contribution in [-0.2, 0) is 4.79 Å². The third kappa shape index (κ3) is 2.56. The molecule has 0 aromatic rings. The maximum atomic E-state index is 11.8. The van der Waals surface area contributed by atoms with Crippen molar-refractivity contribution < 1.29 is 18.0 Å². The van der Waals surface area contributed by atoms with Gasteiger partial charge in [0, 0.05) is 11.3 Å². The molecule has 82 valence electrons. The van der Waals surface area contributed by atoms with Crippen LogP contribution in [0.15, 0.2) is 0 Å². The number of rotatable bonds is 3. The number of thioether (sulfide) groups is 1. The van der Waals surface area contributed by atoms with Crippen LogP contribution in [-0.4, -0.2) is 29.6 Å². The van der Waals surface area contributed by atoms with Crippen molar-refractivity contribution in [3.8, 4) is 0 Å². The highest BCUT2D eigenvalue weighted by molar-refractivity contribution is 8.00. The molecule has 0 radical (unpaired) electrons. The summed E-state index contributed by atoms with van der Waals surface area (Å²) in [5.74, 6) is -1.84. The van der Waals surface area contributed by atoms with Crippen molar-refractivity contribution in [3.63, 3.8) is 0 Å². The van der Waals surface area contributed by atoms with Crippen LogP contribution in [0.25, 0.3) is 0 Å². The van der Waals surface area contributed by atoms with Crippen molar-refractivity contribution in [2.75, 3.05) is 12.8 Å². The lowest BCUT2D eigenvalue weighted by Gasteiger charge is -2.40. The van der Waals surface area contributed by atoms with E-state index in [1.54, 1.807) is 0 Å². The number of halogens is 3. The molecule has 1 aliphatic carbocycles. The second-order valence-corrected chi connectivity index (χ2v) is 4.70. The van der Waals surface area contributed by atoms with E-state index in [1.165, 1.54) is 11.8 Å². The number of alkyl halides is 3. The number of nitrogens with one attached hydrogen (secondary N) is 1. The van der Waals surface area contributed by atoms with E-state index in [0.717, 1.165) is 19.3 Å². The minimum atomic E-state index is -4.76. The summed E-state index contributed by atoms with van der Waals surface area (Å²) in [6.07, 6.45) is -0.108. The second kappa shape index (κ2) is 4.00. The molecular formula is C8H12F3NOS. The van der Waals surface area contributed by atoms with E-state index in [2.05, 4.69) is 0 Å². The summed E-state index contributed by atoms with van der Waals surface area (Å²) in [6, 6.07) is 0. The molecule has 0 aliphatic heterocycles. The SMILES string of the molecule is CSC1(CNC(=O)C(F)(F)F)CCC1. The van der Waals surface area contributed by atoms with Gasteiger partial charge in [-0.1, -0.05) is 6.42 Å². The summed E-state index contributed by atoms with van der Waals surface area (Å²) in [7, 11) is 0. The minimum Gasteiger partial charge on any atom is -0.347 e.